The summed E-state index contributed by atoms with van der Waals surface area (Å²) >= 11 is 0. The smallest absolute Gasteiger partial charge is 0.292 e. The van der Waals surface area contributed by atoms with E-state index >= 15 is 0 Å². The van der Waals surface area contributed by atoms with E-state index in [9.17, 15) is 14.7 Å². The summed E-state index contributed by atoms with van der Waals surface area (Å²) in [5.74, 6) is -0.496. The average molecular weight is 413 g/mol. The van der Waals surface area contributed by atoms with Crippen LogP contribution in [0.3, 0.4) is 0 Å². The van der Waals surface area contributed by atoms with Gasteiger partial charge in [0.25, 0.3) is 11.9 Å². The highest BCUT2D eigenvalue weighted by Crippen LogP contribution is 2.40. The fourth-order valence-corrected chi connectivity index (χ4v) is 4.69. The van der Waals surface area contributed by atoms with Gasteiger partial charge in [0.15, 0.2) is 0 Å². The van der Waals surface area contributed by atoms with Gasteiger partial charge in [-0.1, -0.05) is 25.3 Å². The van der Waals surface area contributed by atoms with Gasteiger partial charge in [0.2, 0.25) is 11.7 Å². The molecule has 2 saturated carbocycles. The monoisotopic (exact) mass is 413 g/mol. The number of nitrogens with two attached hydrogens (primary N) is 1. The van der Waals surface area contributed by atoms with Crippen LogP contribution in [0.15, 0.2) is 35.1 Å². The van der Waals surface area contributed by atoms with Gasteiger partial charge in [0.05, 0.1) is 23.8 Å². The van der Waals surface area contributed by atoms with Crippen LogP contribution in [-0.4, -0.2) is 45.1 Å². The van der Waals surface area contributed by atoms with Crippen molar-refractivity contribution in [2.45, 2.75) is 68.5 Å². The lowest BCUT2D eigenvalue weighted by Gasteiger charge is -2.37. The molecule has 9 heteroatoms. The molecule has 9 nitrogen and oxygen atoms in total. The van der Waals surface area contributed by atoms with E-state index in [0.717, 1.165) is 37.7 Å². The molecule has 4 rings (SSSR count). The number of aliphatic hydroxyl groups is 1. The first-order chi connectivity index (χ1) is 14.5. The van der Waals surface area contributed by atoms with E-state index in [2.05, 4.69) is 20.6 Å². The lowest BCUT2D eigenvalue weighted by molar-refractivity contribution is -0.129. The van der Waals surface area contributed by atoms with Gasteiger partial charge in [-0.3, -0.25) is 14.6 Å². The summed E-state index contributed by atoms with van der Waals surface area (Å²) in [5.41, 5.74) is 5.70. The summed E-state index contributed by atoms with van der Waals surface area (Å²) in [6, 6.07) is 3.01. The predicted molar refractivity (Wildman–Crippen MR) is 108 cm³/mol. The third-order valence-electron chi connectivity index (χ3n) is 6.28. The molecule has 2 aromatic heterocycles. The van der Waals surface area contributed by atoms with Crippen LogP contribution in [0.1, 0.15) is 61.1 Å². The van der Waals surface area contributed by atoms with Crippen molar-refractivity contribution in [3.05, 3.63) is 42.0 Å². The number of nitrogens with one attached hydrogen (secondary N) is 2. The lowest BCUT2D eigenvalue weighted by atomic mass is 9.69. The molecule has 160 valence electrons. The van der Waals surface area contributed by atoms with Crippen LogP contribution in [0.4, 0.5) is 6.01 Å². The number of aromatic nitrogens is 2. The zero-order valence-corrected chi connectivity index (χ0v) is 16.7. The Bertz CT molecular complexity index is 894. The van der Waals surface area contributed by atoms with Crippen molar-refractivity contribution < 1.29 is 19.1 Å². The van der Waals surface area contributed by atoms with Crippen molar-refractivity contribution in [2.24, 2.45) is 0 Å². The molecule has 2 aliphatic carbocycles. The minimum absolute atomic E-state index is 0.0206. The largest absolute Gasteiger partial charge is 0.418 e. The SMILES string of the molecule is Nc1ncc(C(=O)N[C@H]2C[C@H](NC(=O)C3(c4cccnc4)CCCCC3)[C@@H](O)C2)o1. The molecule has 3 atom stereocenters. The first-order valence-electron chi connectivity index (χ1n) is 10.4. The van der Waals surface area contributed by atoms with E-state index in [-0.39, 0.29) is 23.7 Å². The number of oxazole rings is 1. The van der Waals surface area contributed by atoms with Crippen molar-refractivity contribution in [2.75, 3.05) is 5.73 Å². The van der Waals surface area contributed by atoms with Crippen LogP contribution in [0.5, 0.6) is 0 Å². The molecule has 0 radical (unpaired) electrons. The van der Waals surface area contributed by atoms with Crippen molar-refractivity contribution in [1.29, 1.82) is 0 Å². The maximum absolute atomic E-state index is 13.4. The minimum Gasteiger partial charge on any atom is -0.418 e. The van der Waals surface area contributed by atoms with Gasteiger partial charge >= 0.3 is 0 Å². The van der Waals surface area contributed by atoms with Crippen molar-refractivity contribution in [1.82, 2.24) is 20.6 Å². The molecule has 2 aliphatic rings. The molecule has 2 amide bonds. The van der Waals surface area contributed by atoms with E-state index in [4.69, 9.17) is 10.2 Å². The quantitative estimate of drug-likeness (QED) is 0.578. The van der Waals surface area contributed by atoms with Crippen LogP contribution in [0.25, 0.3) is 0 Å². The van der Waals surface area contributed by atoms with Crippen LogP contribution < -0.4 is 16.4 Å². The van der Waals surface area contributed by atoms with E-state index in [1.807, 2.05) is 12.1 Å². The second kappa shape index (κ2) is 8.43. The van der Waals surface area contributed by atoms with E-state index < -0.39 is 23.5 Å². The summed E-state index contributed by atoms with van der Waals surface area (Å²) < 4.78 is 5.03. The van der Waals surface area contributed by atoms with Gasteiger partial charge in [0, 0.05) is 18.4 Å². The summed E-state index contributed by atoms with van der Waals surface area (Å²) in [6.45, 7) is 0. The van der Waals surface area contributed by atoms with Crippen LogP contribution >= 0.6 is 0 Å². The third-order valence-corrected chi connectivity index (χ3v) is 6.28. The summed E-state index contributed by atoms with van der Waals surface area (Å²) in [7, 11) is 0. The summed E-state index contributed by atoms with van der Waals surface area (Å²) in [5, 5.41) is 16.4. The second-order valence-electron chi connectivity index (χ2n) is 8.24. The lowest BCUT2D eigenvalue weighted by Crippen LogP contribution is -2.51. The topological polar surface area (TPSA) is 143 Å². The summed E-state index contributed by atoms with van der Waals surface area (Å²) in [4.78, 5) is 33.6. The van der Waals surface area contributed by atoms with E-state index in [1.54, 1.807) is 12.4 Å². The van der Waals surface area contributed by atoms with Gasteiger partial charge in [-0.05, 0) is 37.3 Å². The second-order valence-corrected chi connectivity index (χ2v) is 8.24. The van der Waals surface area contributed by atoms with Gasteiger partial charge in [-0.15, -0.1) is 0 Å². The zero-order chi connectivity index (χ0) is 21.1. The minimum atomic E-state index is -0.742. The number of carbonyl (C=O) groups is 2. The number of aliphatic hydroxyl groups excluding tert-OH is 1. The van der Waals surface area contributed by atoms with Gasteiger partial charge in [-0.25, -0.2) is 4.98 Å². The average Bonchev–Trinajstić information content (AvgIpc) is 3.34. The van der Waals surface area contributed by atoms with E-state index in [0.29, 0.717) is 12.8 Å². The van der Waals surface area contributed by atoms with Crippen molar-refractivity contribution >= 4 is 17.8 Å². The number of hydrogen-bond acceptors (Lipinski definition) is 7. The van der Waals surface area contributed by atoms with Gasteiger partial charge in [0.1, 0.15) is 0 Å². The van der Waals surface area contributed by atoms with Gasteiger partial charge in [-0.2, -0.15) is 0 Å². The van der Waals surface area contributed by atoms with Crippen LogP contribution in [0, 0.1) is 0 Å². The Kier molecular flexibility index (Phi) is 5.72. The van der Waals surface area contributed by atoms with Crippen LogP contribution in [0.2, 0.25) is 0 Å². The Labute approximate surface area is 174 Å². The molecule has 2 heterocycles. The molecule has 30 heavy (non-hydrogen) atoms. The predicted octanol–water partition coefficient (Wildman–Crippen LogP) is 1.29. The Hall–Kier alpha value is -2.94. The number of carbonyl (C=O) groups excluding carboxylic acids is 2. The standard InChI is InChI=1S/C21H27N5O4/c22-20-24-12-17(30-20)18(28)25-14-9-15(16(27)10-14)26-19(29)21(6-2-1-3-7-21)13-5-4-8-23-11-13/h4-5,8,11-12,14-16,27H,1-3,6-7,9-10H2,(H2,22,24)(H,25,28)(H,26,29)/t14-,15-,16-/m0/s1. The van der Waals surface area contributed by atoms with Gasteiger partial charge < -0.3 is 25.9 Å². The molecule has 5 N–H and O–H groups in total. The molecule has 0 unspecified atom stereocenters. The normalized spacial score (nSPS) is 25.6. The highest BCUT2D eigenvalue weighted by molar-refractivity contribution is 5.91. The first-order valence-corrected chi connectivity index (χ1v) is 10.4. The molecule has 2 aromatic rings. The number of rotatable bonds is 5. The number of pyridine rings is 1. The molecule has 0 aliphatic heterocycles. The highest BCUT2D eigenvalue weighted by Gasteiger charge is 2.44. The molecule has 0 aromatic carbocycles. The molecular weight excluding hydrogens is 386 g/mol. The molecule has 2 fully saturated rings. The van der Waals surface area contributed by atoms with Crippen LogP contribution in [-0.2, 0) is 10.2 Å². The fourth-order valence-electron chi connectivity index (χ4n) is 4.69. The first kappa shape index (κ1) is 20.3. The number of anilines is 1. The number of nitrogens with zero attached hydrogens (tertiary/aromatic N) is 2. The highest BCUT2D eigenvalue weighted by atomic mass is 16.4. The summed E-state index contributed by atoms with van der Waals surface area (Å²) in [6.07, 6.45) is 9.37. The molecule has 0 saturated heterocycles. The fraction of sp³-hybridized carbons (Fsp3) is 0.524. The Morgan fingerprint density at radius 2 is 1.97 bits per heavy atom. The Balaban J connectivity index is 1.42. The maximum Gasteiger partial charge on any atom is 0.292 e. The molecular formula is C21H27N5O4. The Morgan fingerprint density at radius 1 is 1.17 bits per heavy atom. The molecule has 0 bridgehead atoms. The number of nitrogen functional groups attached to an aromatic ring is 1. The molecule has 0 spiro atoms. The van der Waals surface area contributed by atoms with Crippen molar-refractivity contribution in [3.63, 3.8) is 0 Å². The zero-order valence-electron chi connectivity index (χ0n) is 16.7. The number of hydrogen-bond donors (Lipinski definition) is 4. The van der Waals surface area contributed by atoms with Crippen molar-refractivity contribution in [3.8, 4) is 0 Å². The maximum atomic E-state index is 13.4. The van der Waals surface area contributed by atoms with E-state index in [1.165, 1.54) is 6.20 Å². The third kappa shape index (κ3) is 4.02. The Morgan fingerprint density at radius 3 is 2.63 bits per heavy atom. The number of amides is 2.